The van der Waals surface area contributed by atoms with Gasteiger partial charge in [0.15, 0.2) is 5.69 Å². The number of aromatic carboxylic acids is 1. The summed E-state index contributed by atoms with van der Waals surface area (Å²) in [4.78, 5) is 14.3. The van der Waals surface area contributed by atoms with E-state index >= 15 is 0 Å². The summed E-state index contributed by atoms with van der Waals surface area (Å²) in [5, 5.41) is 8.91. The fraction of sp³-hybridized carbons (Fsp3) is 0. The standard InChI is InChI=1S/C10H6ClFN2O2/c11-6-1-7(12)3-8(2-6)14-4-9(10(15)16)13-5-14/h1-5H,(H,15,16). The van der Waals surface area contributed by atoms with Gasteiger partial charge in [-0.25, -0.2) is 14.2 Å². The number of carboxylic acids is 1. The maximum atomic E-state index is 13.0. The highest BCUT2D eigenvalue weighted by Gasteiger charge is 2.08. The van der Waals surface area contributed by atoms with E-state index < -0.39 is 11.8 Å². The molecule has 0 saturated carbocycles. The van der Waals surface area contributed by atoms with E-state index in [0.717, 1.165) is 0 Å². The lowest BCUT2D eigenvalue weighted by Crippen LogP contribution is -1.96. The van der Waals surface area contributed by atoms with Gasteiger partial charge < -0.3 is 9.67 Å². The highest BCUT2D eigenvalue weighted by atomic mass is 35.5. The Kier molecular flexibility index (Phi) is 2.62. The molecule has 82 valence electrons. The average molecular weight is 241 g/mol. The van der Waals surface area contributed by atoms with Gasteiger partial charge in [0.05, 0.1) is 5.69 Å². The predicted molar refractivity (Wildman–Crippen MR) is 55.5 cm³/mol. The van der Waals surface area contributed by atoms with Crippen molar-refractivity contribution in [2.24, 2.45) is 0 Å². The molecular weight excluding hydrogens is 235 g/mol. The third-order valence-electron chi connectivity index (χ3n) is 1.95. The third kappa shape index (κ3) is 2.04. The minimum absolute atomic E-state index is 0.111. The lowest BCUT2D eigenvalue weighted by molar-refractivity contribution is 0.0691. The van der Waals surface area contributed by atoms with Gasteiger partial charge in [0, 0.05) is 11.2 Å². The van der Waals surface area contributed by atoms with Crippen LogP contribution >= 0.6 is 11.6 Å². The van der Waals surface area contributed by atoms with Crippen LogP contribution in [0.5, 0.6) is 0 Å². The summed E-state index contributed by atoms with van der Waals surface area (Å²) in [6, 6.07) is 3.91. The maximum absolute atomic E-state index is 13.0. The second-order valence-corrected chi connectivity index (χ2v) is 3.54. The predicted octanol–water partition coefficient (Wildman–Crippen LogP) is 2.36. The van der Waals surface area contributed by atoms with Gasteiger partial charge in [0.2, 0.25) is 0 Å². The van der Waals surface area contributed by atoms with E-state index in [4.69, 9.17) is 16.7 Å². The van der Waals surface area contributed by atoms with Gasteiger partial charge in [-0.1, -0.05) is 11.6 Å². The first-order valence-electron chi connectivity index (χ1n) is 4.30. The molecular formula is C10H6ClFN2O2. The number of carboxylic acid groups (broad SMARTS) is 1. The van der Waals surface area contributed by atoms with Crippen LogP contribution < -0.4 is 0 Å². The van der Waals surface area contributed by atoms with Crippen LogP contribution in [0.2, 0.25) is 5.02 Å². The van der Waals surface area contributed by atoms with E-state index in [9.17, 15) is 9.18 Å². The van der Waals surface area contributed by atoms with E-state index in [0.29, 0.717) is 5.69 Å². The number of hydrogen-bond acceptors (Lipinski definition) is 2. The van der Waals surface area contributed by atoms with Crippen molar-refractivity contribution in [2.75, 3.05) is 0 Å². The van der Waals surface area contributed by atoms with Crippen LogP contribution in [-0.2, 0) is 0 Å². The van der Waals surface area contributed by atoms with Crippen molar-refractivity contribution in [3.8, 4) is 5.69 Å². The van der Waals surface area contributed by atoms with Crippen LogP contribution in [0, 0.1) is 5.82 Å². The molecule has 0 atom stereocenters. The van der Waals surface area contributed by atoms with Crippen molar-refractivity contribution in [2.45, 2.75) is 0 Å². The first-order chi connectivity index (χ1) is 7.56. The van der Waals surface area contributed by atoms with Gasteiger partial charge in [0.25, 0.3) is 0 Å². The van der Waals surface area contributed by atoms with E-state index in [1.54, 1.807) is 0 Å². The van der Waals surface area contributed by atoms with Gasteiger partial charge in [-0.3, -0.25) is 0 Å². The fourth-order valence-electron chi connectivity index (χ4n) is 1.26. The Morgan fingerprint density at radius 2 is 2.19 bits per heavy atom. The number of nitrogens with zero attached hydrogens (tertiary/aromatic N) is 2. The summed E-state index contributed by atoms with van der Waals surface area (Å²) in [6.45, 7) is 0. The molecule has 2 aromatic rings. The molecule has 1 heterocycles. The largest absolute Gasteiger partial charge is 0.476 e. The van der Waals surface area contributed by atoms with Crippen LogP contribution in [-0.4, -0.2) is 20.6 Å². The Morgan fingerprint density at radius 3 is 2.75 bits per heavy atom. The molecule has 0 aliphatic rings. The van der Waals surface area contributed by atoms with Crippen LogP contribution in [0.1, 0.15) is 10.5 Å². The SMILES string of the molecule is O=C(O)c1cn(-c2cc(F)cc(Cl)c2)cn1. The van der Waals surface area contributed by atoms with E-state index in [1.807, 2.05) is 0 Å². The second kappa shape index (κ2) is 3.94. The minimum Gasteiger partial charge on any atom is -0.476 e. The molecule has 2 rings (SSSR count). The molecule has 1 aromatic carbocycles. The lowest BCUT2D eigenvalue weighted by atomic mass is 10.3. The van der Waals surface area contributed by atoms with Crippen molar-refractivity contribution >= 4 is 17.6 Å². The highest BCUT2D eigenvalue weighted by molar-refractivity contribution is 6.30. The topological polar surface area (TPSA) is 55.1 Å². The number of benzene rings is 1. The quantitative estimate of drug-likeness (QED) is 0.877. The molecule has 0 aliphatic carbocycles. The van der Waals surface area contributed by atoms with E-state index in [2.05, 4.69) is 4.98 Å². The number of imidazole rings is 1. The zero-order valence-corrected chi connectivity index (χ0v) is 8.65. The summed E-state index contributed by atoms with van der Waals surface area (Å²) >= 11 is 5.68. The molecule has 1 aromatic heterocycles. The monoisotopic (exact) mass is 240 g/mol. The molecule has 0 unspecified atom stereocenters. The van der Waals surface area contributed by atoms with Gasteiger partial charge in [0.1, 0.15) is 12.1 Å². The number of halogens is 2. The summed E-state index contributed by atoms with van der Waals surface area (Å²) in [6.07, 6.45) is 2.57. The molecule has 1 N–H and O–H groups in total. The van der Waals surface area contributed by atoms with Gasteiger partial charge >= 0.3 is 5.97 Å². The molecule has 0 radical (unpaired) electrons. The molecule has 6 heteroatoms. The Labute approximate surface area is 94.9 Å². The molecule has 0 fully saturated rings. The number of hydrogen-bond donors (Lipinski definition) is 1. The lowest BCUT2D eigenvalue weighted by Gasteiger charge is -2.02. The Morgan fingerprint density at radius 1 is 1.44 bits per heavy atom. The highest BCUT2D eigenvalue weighted by Crippen LogP contribution is 2.17. The zero-order chi connectivity index (χ0) is 11.7. The molecule has 0 spiro atoms. The van der Waals surface area contributed by atoms with Crippen molar-refractivity contribution in [3.63, 3.8) is 0 Å². The van der Waals surface area contributed by atoms with Crippen LogP contribution in [0.15, 0.2) is 30.7 Å². The normalized spacial score (nSPS) is 10.4. The molecule has 0 aliphatic heterocycles. The Bertz CT molecular complexity index is 533. The number of rotatable bonds is 2. The summed E-state index contributed by atoms with van der Waals surface area (Å²) < 4.78 is 14.4. The van der Waals surface area contributed by atoms with Gasteiger partial charge in [-0.05, 0) is 18.2 Å². The average Bonchev–Trinajstić information content (AvgIpc) is 2.64. The van der Waals surface area contributed by atoms with Crippen LogP contribution in [0.3, 0.4) is 0 Å². The fourth-order valence-corrected chi connectivity index (χ4v) is 1.48. The Hall–Kier alpha value is -1.88. The zero-order valence-electron chi connectivity index (χ0n) is 7.89. The molecule has 0 bridgehead atoms. The first-order valence-corrected chi connectivity index (χ1v) is 4.68. The van der Waals surface area contributed by atoms with Crippen molar-refractivity contribution in [3.05, 3.63) is 47.3 Å². The Balaban J connectivity index is 2.46. The maximum Gasteiger partial charge on any atom is 0.356 e. The van der Waals surface area contributed by atoms with Gasteiger partial charge in [-0.15, -0.1) is 0 Å². The van der Waals surface area contributed by atoms with Crippen molar-refractivity contribution in [1.82, 2.24) is 9.55 Å². The van der Waals surface area contributed by atoms with Gasteiger partial charge in [-0.2, -0.15) is 0 Å². The first kappa shape index (κ1) is 10.6. The summed E-state index contributed by atoms with van der Waals surface area (Å²) in [7, 11) is 0. The second-order valence-electron chi connectivity index (χ2n) is 3.10. The van der Waals surface area contributed by atoms with E-state index in [-0.39, 0.29) is 10.7 Å². The van der Waals surface area contributed by atoms with E-state index in [1.165, 1.54) is 35.3 Å². The summed E-state index contributed by atoms with van der Waals surface area (Å²) in [5.41, 5.74) is 0.311. The molecule has 0 saturated heterocycles. The number of aromatic nitrogens is 2. The molecule has 0 amide bonds. The summed E-state index contributed by atoms with van der Waals surface area (Å²) in [5.74, 6) is -1.63. The van der Waals surface area contributed by atoms with Crippen LogP contribution in [0.25, 0.3) is 5.69 Å². The smallest absolute Gasteiger partial charge is 0.356 e. The number of carbonyl (C=O) groups is 1. The third-order valence-corrected chi connectivity index (χ3v) is 2.17. The van der Waals surface area contributed by atoms with Crippen molar-refractivity contribution < 1.29 is 14.3 Å². The molecule has 4 nitrogen and oxygen atoms in total. The minimum atomic E-state index is -1.14. The molecule has 16 heavy (non-hydrogen) atoms. The van der Waals surface area contributed by atoms with Crippen LogP contribution in [0.4, 0.5) is 4.39 Å². The van der Waals surface area contributed by atoms with Crippen molar-refractivity contribution in [1.29, 1.82) is 0 Å².